The summed E-state index contributed by atoms with van der Waals surface area (Å²) in [5.74, 6) is -0.974. The molecule has 1 fully saturated rings. The lowest BCUT2D eigenvalue weighted by molar-refractivity contribution is -0.253. The molecule has 6 atom stereocenters. The van der Waals surface area contributed by atoms with Gasteiger partial charge in [0.15, 0.2) is 0 Å². The molecule has 10 nitrogen and oxygen atoms in total. The minimum absolute atomic E-state index is 0.0565. The lowest BCUT2D eigenvalue weighted by atomic mass is 9.55. The number of allylic oxidation sites excluding steroid dienone is 1. The topological polar surface area (TPSA) is 119 Å². The van der Waals surface area contributed by atoms with Gasteiger partial charge >= 0.3 is 6.09 Å². The van der Waals surface area contributed by atoms with Crippen LogP contribution in [0.15, 0.2) is 71.9 Å². The van der Waals surface area contributed by atoms with Gasteiger partial charge in [0.2, 0.25) is 5.79 Å². The highest BCUT2D eigenvalue weighted by Crippen LogP contribution is 2.61. The highest BCUT2D eigenvalue weighted by Gasteiger charge is 2.65. The van der Waals surface area contributed by atoms with Gasteiger partial charge in [0.1, 0.15) is 36.6 Å². The number of oxime groups is 1. The van der Waals surface area contributed by atoms with Crippen molar-refractivity contribution in [2.24, 2.45) is 22.9 Å². The van der Waals surface area contributed by atoms with Gasteiger partial charge in [0, 0.05) is 43.7 Å². The summed E-state index contributed by atoms with van der Waals surface area (Å²) >= 11 is 0. The fraction of sp³-hybridized carbons (Fsp3) is 0.640. The fourth-order valence-electron chi connectivity index (χ4n) is 9.71. The summed E-state index contributed by atoms with van der Waals surface area (Å²) in [6.07, 6.45) is 20.4. The second-order valence-corrected chi connectivity index (χ2v) is 17.0. The minimum atomic E-state index is -1.37. The summed E-state index contributed by atoms with van der Waals surface area (Å²) in [6.45, 7) is 9.27. The molecule has 0 unspecified atom stereocenters. The van der Waals surface area contributed by atoms with Gasteiger partial charge < -0.3 is 38.9 Å². The third-order valence-electron chi connectivity index (χ3n) is 12.8. The minimum Gasteiger partial charge on any atom is -0.489 e. The number of likely N-dealkylation sites (N-methyl/N-ethyl adjacent to an activating group) is 1. The first-order chi connectivity index (χ1) is 29.8. The van der Waals surface area contributed by atoms with Crippen LogP contribution in [0.25, 0.3) is 0 Å². The molecule has 5 rings (SSSR count). The number of aliphatic hydroxyl groups is 2. The van der Waals surface area contributed by atoms with E-state index < -0.39 is 23.8 Å². The molecule has 3 aliphatic rings. The van der Waals surface area contributed by atoms with E-state index in [9.17, 15) is 19.4 Å². The zero-order chi connectivity index (χ0) is 43.5. The monoisotopic (exact) mass is 849 g/mol. The number of ether oxygens (including phenoxy) is 4. The zero-order valence-electron chi connectivity index (χ0n) is 37.2. The van der Waals surface area contributed by atoms with Crippen LogP contribution < -0.4 is 9.47 Å². The summed E-state index contributed by atoms with van der Waals surface area (Å²) in [7, 11) is 1.75. The van der Waals surface area contributed by atoms with Gasteiger partial charge in [-0.3, -0.25) is 0 Å². The maximum atomic E-state index is 14.7. The molecule has 1 amide bonds. The first-order valence-corrected chi connectivity index (χ1v) is 23.3. The third kappa shape index (κ3) is 12.6. The number of carbonyl (C=O) groups is 1. The van der Waals surface area contributed by atoms with Gasteiger partial charge in [0.05, 0.1) is 24.8 Å². The van der Waals surface area contributed by atoms with Crippen molar-refractivity contribution in [3.8, 4) is 11.5 Å². The molecular weight excluding hydrogens is 776 g/mol. The first-order valence-electron chi connectivity index (χ1n) is 23.3. The van der Waals surface area contributed by atoms with E-state index in [-0.39, 0.29) is 50.0 Å². The Hall–Kier alpha value is -3.93. The maximum Gasteiger partial charge on any atom is 0.409 e. The summed E-state index contributed by atoms with van der Waals surface area (Å²) < 4.78 is 41.1. The van der Waals surface area contributed by atoms with E-state index in [0.29, 0.717) is 49.5 Å². The van der Waals surface area contributed by atoms with E-state index in [4.69, 9.17) is 28.9 Å². The van der Waals surface area contributed by atoms with Gasteiger partial charge in [-0.05, 0) is 80.7 Å². The summed E-state index contributed by atoms with van der Waals surface area (Å²) in [5, 5.41) is 24.4. The molecule has 11 heteroatoms. The van der Waals surface area contributed by atoms with Crippen molar-refractivity contribution < 1.29 is 43.2 Å². The number of fused-ring (bicyclic) bond motifs is 2. The van der Waals surface area contributed by atoms with E-state index in [2.05, 4.69) is 19.6 Å². The number of aliphatic hydroxyl groups excluding tert-OH is 2. The average molecular weight is 849 g/mol. The predicted molar refractivity (Wildman–Crippen MR) is 238 cm³/mol. The van der Waals surface area contributed by atoms with Gasteiger partial charge in [-0.25, -0.2) is 9.18 Å². The lowest BCUT2D eigenvalue weighted by Crippen LogP contribution is -2.69. The molecule has 1 aliphatic heterocycles. The first kappa shape index (κ1) is 48.1. The fourth-order valence-corrected chi connectivity index (χ4v) is 9.71. The van der Waals surface area contributed by atoms with Crippen LogP contribution in [-0.2, 0) is 20.9 Å². The Morgan fingerprint density at radius 3 is 2.34 bits per heavy atom. The molecule has 2 aromatic rings. The SMILES string of the molecule is C=CCO[C@@]12Oc3ccc(OCc4ccccc4F)cc3[C@H]3[C@H](CCCCO)[C@@H](CCCCO)C=C(C(=NOCC)C[C@@H]1N(C)C(=O)OCCCCCCCCCCCC)[C@H]32. The zero-order valence-corrected chi connectivity index (χ0v) is 37.2. The maximum absolute atomic E-state index is 14.7. The van der Waals surface area contributed by atoms with Crippen LogP contribution in [0.4, 0.5) is 9.18 Å². The van der Waals surface area contributed by atoms with E-state index in [1.165, 1.54) is 51.0 Å². The summed E-state index contributed by atoms with van der Waals surface area (Å²) in [6, 6.07) is 11.7. The Morgan fingerprint density at radius 2 is 1.66 bits per heavy atom. The van der Waals surface area contributed by atoms with Crippen molar-refractivity contribution in [2.75, 3.05) is 40.1 Å². The third-order valence-corrected chi connectivity index (χ3v) is 12.8. The molecule has 2 aliphatic carbocycles. The highest BCUT2D eigenvalue weighted by atomic mass is 19.1. The molecule has 0 spiro atoms. The second-order valence-electron chi connectivity index (χ2n) is 17.0. The van der Waals surface area contributed by atoms with Gasteiger partial charge in [-0.1, -0.05) is 113 Å². The van der Waals surface area contributed by atoms with Crippen molar-refractivity contribution >= 4 is 11.8 Å². The van der Waals surface area contributed by atoms with Crippen LogP contribution in [0, 0.1) is 23.6 Å². The Kier molecular flexibility index (Phi) is 19.9. The van der Waals surface area contributed by atoms with E-state index in [1.54, 1.807) is 36.2 Å². The molecule has 2 aromatic carbocycles. The van der Waals surface area contributed by atoms with Crippen LogP contribution in [-0.4, -0.2) is 78.8 Å². The summed E-state index contributed by atoms with van der Waals surface area (Å²) in [5.41, 5.74) is 3.08. The van der Waals surface area contributed by atoms with Crippen molar-refractivity contribution in [1.82, 2.24) is 4.90 Å². The average Bonchev–Trinajstić information content (AvgIpc) is 3.27. The number of rotatable bonds is 28. The lowest BCUT2D eigenvalue weighted by Gasteiger charge is -2.59. The Balaban J connectivity index is 1.51. The van der Waals surface area contributed by atoms with Crippen molar-refractivity contribution in [2.45, 2.75) is 147 Å². The van der Waals surface area contributed by atoms with Crippen LogP contribution in [0.5, 0.6) is 11.5 Å². The molecule has 1 saturated carbocycles. The number of halogens is 1. The summed E-state index contributed by atoms with van der Waals surface area (Å²) in [4.78, 5) is 21.5. The molecule has 1 heterocycles. The second kappa shape index (κ2) is 25.2. The van der Waals surface area contributed by atoms with Crippen molar-refractivity contribution in [3.05, 3.63) is 83.7 Å². The van der Waals surface area contributed by atoms with Gasteiger partial charge in [-0.2, -0.15) is 0 Å². The Morgan fingerprint density at radius 1 is 0.951 bits per heavy atom. The van der Waals surface area contributed by atoms with E-state index >= 15 is 0 Å². The largest absolute Gasteiger partial charge is 0.489 e. The normalized spacial score (nSPS) is 23.3. The predicted octanol–water partition coefficient (Wildman–Crippen LogP) is 11.0. The molecule has 0 aromatic heterocycles. The quantitative estimate of drug-likeness (QED) is 0.0494. The Labute approximate surface area is 364 Å². The molecule has 2 N–H and O–H groups in total. The number of benzene rings is 2. The Bertz CT molecular complexity index is 1720. The standard InChI is InChI=1S/C50H73FN2O8/c1-5-8-9-10-11-12-13-14-15-22-32-57-49(56)53(4)46-35-44(52-60-7-3)41-33-37(23-18-20-29-54)40(25-19-21-30-55)47-42-34-39(58-36-38-24-16-17-26-43(38)51)27-28-45(42)61-50(46,48(41)47)59-31-6-2/h6,16-17,24,26-28,33-34,37,40,46-48,54-55H,2,5,7-15,18-23,25,29-32,35-36H2,1,3-4H3/t37-,40+,46-,47+,48+,50+/m0/s1. The van der Waals surface area contributed by atoms with Gasteiger partial charge in [0.25, 0.3) is 0 Å². The highest BCUT2D eigenvalue weighted by molar-refractivity contribution is 6.02. The molecule has 0 radical (unpaired) electrons. The van der Waals surface area contributed by atoms with Crippen LogP contribution in [0.2, 0.25) is 0 Å². The number of hydrogen-bond acceptors (Lipinski definition) is 9. The molecule has 338 valence electrons. The van der Waals surface area contributed by atoms with Crippen LogP contribution in [0.3, 0.4) is 0 Å². The van der Waals surface area contributed by atoms with Crippen LogP contribution >= 0.6 is 0 Å². The van der Waals surface area contributed by atoms with Crippen LogP contribution in [0.1, 0.15) is 140 Å². The molecule has 61 heavy (non-hydrogen) atoms. The number of unbranched alkanes of at least 4 members (excludes halogenated alkanes) is 11. The number of amides is 1. The molecule has 0 saturated heterocycles. The van der Waals surface area contributed by atoms with Gasteiger partial charge in [-0.15, -0.1) is 6.58 Å². The van der Waals surface area contributed by atoms with E-state index in [1.807, 2.05) is 25.1 Å². The number of hydrogen-bond donors (Lipinski definition) is 2. The molecular formula is C50H73FN2O8. The number of carbonyl (C=O) groups excluding carboxylic acids is 1. The van der Waals surface area contributed by atoms with Crippen molar-refractivity contribution in [1.29, 1.82) is 0 Å². The number of nitrogens with zero attached hydrogens (tertiary/aromatic N) is 2. The molecule has 0 bridgehead atoms. The van der Waals surface area contributed by atoms with E-state index in [0.717, 1.165) is 61.8 Å². The smallest absolute Gasteiger partial charge is 0.409 e. The van der Waals surface area contributed by atoms with Crippen molar-refractivity contribution in [3.63, 3.8) is 0 Å².